The number of methoxy groups -OCH3 is 1. The zero-order chi connectivity index (χ0) is 20.8. The predicted molar refractivity (Wildman–Crippen MR) is 118 cm³/mol. The second-order valence-corrected chi connectivity index (χ2v) is 8.16. The van der Waals surface area contributed by atoms with E-state index in [4.69, 9.17) is 16.3 Å². The highest BCUT2D eigenvalue weighted by Crippen LogP contribution is 2.30. The van der Waals surface area contributed by atoms with Crippen LogP contribution in [-0.4, -0.2) is 40.0 Å². The highest BCUT2D eigenvalue weighted by molar-refractivity contribution is 7.99. The minimum absolute atomic E-state index is 0.0851. The van der Waals surface area contributed by atoms with E-state index in [1.54, 1.807) is 7.11 Å². The van der Waals surface area contributed by atoms with E-state index in [-0.39, 0.29) is 5.78 Å². The van der Waals surface area contributed by atoms with Crippen LogP contribution in [0.15, 0.2) is 47.6 Å². The predicted octanol–water partition coefficient (Wildman–Crippen LogP) is 5.23. The number of aryl methyl sites for hydroxylation is 2. The van der Waals surface area contributed by atoms with Crippen molar-refractivity contribution in [3.8, 4) is 11.4 Å². The first kappa shape index (κ1) is 21.6. The number of carbonyl (C=O) groups is 1. The normalized spacial score (nSPS) is 11.0. The van der Waals surface area contributed by atoms with Gasteiger partial charge in [-0.15, -0.1) is 10.2 Å². The van der Waals surface area contributed by atoms with Gasteiger partial charge in [0, 0.05) is 31.4 Å². The van der Waals surface area contributed by atoms with Crippen molar-refractivity contribution in [1.29, 1.82) is 0 Å². The Labute approximate surface area is 180 Å². The molecular weight excluding hydrogens is 406 g/mol. The highest BCUT2D eigenvalue weighted by atomic mass is 35.5. The van der Waals surface area contributed by atoms with Gasteiger partial charge in [-0.25, -0.2) is 0 Å². The first-order valence-corrected chi connectivity index (χ1v) is 10.8. The number of rotatable bonds is 9. The summed E-state index contributed by atoms with van der Waals surface area (Å²) in [6.45, 7) is 5.26. The fourth-order valence-corrected chi connectivity index (χ4v) is 4.12. The SMILES string of the molecule is COCCCn1c(SCC(=O)c2cc(C)ccc2C)nnc1-c1ccccc1Cl. The van der Waals surface area contributed by atoms with Gasteiger partial charge >= 0.3 is 0 Å². The van der Waals surface area contributed by atoms with Crippen LogP contribution in [0.25, 0.3) is 11.4 Å². The Kier molecular flexibility index (Phi) is 7.47. The molecule has 3 aromatic rings. The van der Waals surface area contributed by atoms with E-state index in [2.05, 4.69) is 10.2 Å². The zero-order valence-electron chi connectivity index (χ0n) is 16.8. The number of aromatic nitrogens is 3. The second-order valence-electron chi connectivity index (χ2n) is 6.81. The van der Waals surface area contributed by atoms with E-state index < -0.39 is 0 Å². The third-order valence-electron chi connectivity index (χ3n) is 4.59. The van der Waals surface area contributed by atoms with Crippen molar-refractivity contribution in [1.82, 2.24) is 14.8 Å². The Bertz CT molecular complexity index is 1000. The molecule has 0 fully saturated rings. The summed E-state index contributed by atoms with van der Waals surface area (Å²) in [5, 5.41) is 10.0. The van der Waals surface area contributed by atoms with Crippen LogP contribution in [0, 0.1) is 13.8 Å². The van der Waals surface area contributed by atoms with Crippen molar-refractivity contribution in [2.45, 2.75) is 32.0 Å². The average Bonchev–Trinajstić information content (AvgIpc) is 3.11. The molecule has 0 aliphatic rings. The molecule has 0 aliphatic carbocycles. The Morgan fingerprint density at radius 3 is 2.72 bits per heavy atom. The molecule has 7 heteroatoms. The number of thioether (sulfide) groups is 1. The molecule has 0 spiro atoms. The van der Waals surface area contributed by atoms with Crippen LogP contribution in [0.5, 0.6) is 0 Å². The average molecular weight is 430 g/mol. The molecule has 1 heterocycles. The molecule has 0 aliphatic heterocycles. The molecule has 0 atom stereocenters. The van der Waals surface area contributed by atoms with Crippen LogP contribution >= 0.6 is 23.4 Å². The van der Waals surface area contributed by atoms with Gasteiger partial charge in [0.2, 0.25) is 0 Å². The summed E-state index contributed by atoms with van der Waals surface area (Å²) in [5.41, 5.74) is 3.65. The molecule has 0 bridgehead atoms. The third-order valence-corrected chi connectivity index (χ3v) is 5.88. The Hall–Kier alpha value is -2.15. The monoisotopic (exact) mass is 429 g/mol. The summed E-state index contributed by atoms with van der Waals surface area (Å²) in [7, 11) is 1.68. The minimum Gasteiger partial charge on any atom is -0.385 e. The second kappa shape index (κ2) is 10.1. The molecule has 3 rings (SSSR count). The molecule has 0 radical (unpaired) electrons. The van der Waals surface area contributed by atoms with Gasteiger partial charge < -0.3 is 9.30 Å². The summed E-state index contributed by atoms with van der Waals surface area (Å²) < 4.78 is 7.20. The van der Waals surface area contributed by atoms with Crippen molar-refractivity contribution >= 4 is 29.1 Å². The topological polar surface area (TPSA) is 57.0 Å². The first-order chi connectivity index (χ1) is 14.0. The highest BCUT2D eigenvalue weighted by Gasteiger charge is 2.18. The van der Waals surface area contributed by atoms with Gasteiger partial charge in [0.25, 0.3) is 0 Å². The van der Waals surface area contributed by atoms with Gasteiger partial charge in [0.1, 0.15) is 0 Å². The summed E-state index contributed by atoms with van der Waals surface area (Å²) in [6.07, 6.45) is 0.810. The fourth-order valence-electron chi connectivity index (χ4n) is 3.05. The number of ketones is 1. The molecule has 5 nitrogen and oxygen atoms in total. The van der Waals surface area contributed by atoms with Gasteiger partial charge in [0.05, 0.1) is 10.8 Å². The molecule has 0 N–H and O–H groups in total. The summed E-state index contributed by atoms with van der Waals surface area (Å²) in [5.74, 6) is 1.09. The molecule has 0 saturated heterocycles. The minimum atomic E-state index is 0.0851. The third kappa shape index (κ3) is 5.26. The molecule has 0 saturated carbocycles. The number of ether oxygens (including phenoxy) is 1. The number of halogens is 1. The number of nitrogens with zero attached hydrogens (tertiary/aromatic N) is 3. The van der Waals surface area contributed by atoms with E-state index in [0.29, 0.717) is 34.9 Å². The number of Topliss-reactive ketones (excluding diaryl/α,β-unsaturated/α-hetero) is 1. The Morgan fingerprint density at radius 2 is 1.97 bits per heavy atom. The van der Waals surface area contributed by atoms with Crippen molar-refractivity contribution in [3.63, 3.8) is 0 Å². The largest absolute Gasteiger partial charge is 0.385 e. The summed E-state index contributed by atoms with van der Waals surface area (Å²) in [4.78, 5) is 12.8. The maximum atomic E-state index is 12.8. The Balaban J connectivity index is 1.84. The molecule has 152 valence electrons. The van der Waals surface area contributed by atoms with Crippen molar-refractivity contribution in [3.05, 3.63) is 64.2 Å². The lowest BCUT2D eigenvalue weighted by Crippen LogP contribution is -2.08. The van der Waals surface area contributed by atoms with Gasteiger partial charge in [-0.3, -0.25) is 4.79 Å². The molecule has 2 aromatic carbocycles. The van der Waals surface area contributed by atoms with Gasteiger partial charge in [0.15, 0.2) is 16.8 Å². The lowest BCUT2D eigenvalue weighted by Gasteiger charge is -2.11. The zero-order valence-corrected chi connectivity index (χ0v) is 18.4. The fraction of sp³-hybridized carbons (Fsp3) is 0.318. The number of hydrogen-bond acceptors (Lipinski definition) is 5. The maximum Gasteiger partial charge on any atom is 0.191 e. The van der Waals surface area contributed by atoms with Crippen molar-refractivity contribution in [2.24, 2.45) is 0 Å². The van der Waals surface area contributed by atoms with E-state index >= 15 is 0 Å². The van der Waals surface area contributed by atoms with Crippen LogP contribution in [0.4, 0.5) is 0 Å². The quantitative estimate of drug-likeness (QED) is 0.265. The lowest BCUT2D eigenvalue weighted by atomic mass is 10.0. The van der Waals surface area contributed by atoms with Crippen LogP contribution in [0.2, 0.25) is 5.02 Å². The Morgan fingerprint density at radius 1 is 1.17 bits per heavy atom. The number of benzene rings is 2. The van der Waals surface area contributed by atoms with Crippen LogP contribution in [-0.2, 0) is 11.3 Å². The number of hydrogen-bond donors (Lipinski definition) is 0. The van der Waals surface area contributed by atoms with Crippen LogP contribution in [0.1, 0.15) is 27.9 Å². The molecule has 29 heavy (non-hydrogen) atoms. The van der Waals surface area contributed by atoms with E-state index in [0.717, 1.165) is 28.7 Å². The van der Waals surface area contributed by atoms with Crippen LogP contribution in [0.3, 0.4) is 0 Å². The maximum absolute atomic E-state index is 12.8. The molecule has 1 aromatic heterocycles. The van der Waals surface area contributed by atoms with Crippen LogP contribution < -0.4 is 0 Å². The van der Waals surface area contributed by atoms with Gasteiger partial charge in [-0.1, -0.05) is 53.2 Å². The van der Waals surface area contributed by atoms with Gasteiger partial charge in [-0.2, -0.15) is 0 Å². The molecular formula is C22H24ClN3O2S. The van der Waals surface area contributed by atoms with E-state index in [1.165, 1.54) is 11.8 Å². The van der Waals surface area contributed by atoms with Crippen molar-refractivity contribution < 1.29 is 9.53 Å². The van der Waals surface area contributed by atoms with Gasteiger partial charge in [-0.05, 0) is 44.0 Å². The molecule has 0 amide bonds. The summed E-state index contributed by atoms with van der Waals surface area (Å²) in [6, 6.07) is 13.5. The number of carbonyl (C=O) groups excluding carboxylic acids is 1. The summed E-state index contributed by atoms with van der Waals surface area (Å²) >= 11 is 7.77. The molecule has 0 unspecified atom stereocenters. The smallest absolute Gasteiger partial charge is 0.191 e. The standard InChI is InChI=1S/C22H24ClN3O2S/c1-15-9-10-16(2)18(13-15)20(27)14-29-22-25-24-21(26(22)11-6-12-28-3)17-7-4-5-8-19(17)23/h4-5,7-10,13H,6,11-12,14H2,1-3H3. The first-order valence-electron chi connectivity index (χ1n) is 9.41. The van der Waals surface area contributed by atoms with E-state index in [9.17, 15) is 4.79 Å². The van der Waals surface area contributed by atoms with E-state index in [1.807, 2.05) is 60.9 Å². The lowest BCUT2D eigenvalue weighted by molar-refractivity contribution is 0.102. The van der Waals surface area contributed by atoms with Crippen molar-refractivity contribution in [2.75, 3.05) is 19.5 Å².